The quantitative estimate of drug-likeness (QED) is 0.0591. The second-order valence-electron chi connectivity index (χ2n) is 17.8. The summed E-state index contributed by atoms with van der Waals surface area (Å²) in [4.78, 5) is 53.3. The molecule has 334 valence electrons. The third-order valence-electron chi connectivity index (χ3n) is 10.0. The maximum absolute atomic E-state index is 14.0. The van der Waals surface area contributed by atoms with Crippen LogP contribution in [0, 0.1) is 22.2 Å². The first-order chi connectivity index (χ1) is 29.1. The zero-order valence-electron chi connectivity index (χ0n) is 37.0. The summed E-state index contributed by atoms with van der Waals surface area (Å²) in [5.41, 5.74) is -2.50. The number of benzene rings is 3. The fourth-order valence-electron chi connectivity index (χ4n) is 6.95. The fourth-order valence-corrected chi connectivity index (χ4v) is 9.22. The molecule has 2 aliphatic heterocycles. The number of amides is 1. The second kappa shape index (κ2) is 20.0. The number of ether oxygens (including phenoxy) is 4. The number of hydrogen-bond donors (Lipinski definition) is 1. The van der Waals surface area contributed by atoms with Gasteiger partial charge in [0.25, 0.3) is 14.4 Å². The minimum atomic E-state index is -1.72. The van der Waals surface area contributed by atoms with Crippen molar-refractivity contribution < 1.29 is 47.2 Å². The van der Waals surface area contributed by atoms with E-state index in [0.29, 0.717) is 43.7 Å². The van der Waals surface area contributed by atoms with Crippen LogP contribution in [0.15, 0.2) is 42.5 Å². The number of hydrogen-bond acceptors (Lipinski definition) is 12. The predicted octanol–water partition coefficient (Wildman–Crippen LogP) is 11.0. The van der Waals surface area contributed by atoms with Gasteiger partial charge in [-0.1, -0.05) is 36.0 Å². The van der Waals surface area contributed by atoms with Crippen LogP contribution in [0.2, 0.25) is 10.0 Å². The van der Waals surface area contributed by atoms with Crippen molar-refractivity contribution in [3.63, 3.8) is 0 Å². The molecule has 3 aromatic rings. The van der Waals surface area contributed by atoms with Crippen LogP contribution < -0.4 is 19.5 Å². The minimum absolute atomic E-state index is 0.00353. The maximum Gasteiger partial charge on any atom is 0.341 e. The standard InChI is InChI=1S/C46H56Cl2N3O10P/c1-27(2)51(28(3)4)62(57-23-15-20-49)56-22-14-12-11-13-21-50-40(52)31-26-34(47)38-37(39(31)48)41(53)61-46(38)32-18-16-29(58-42(54)44(5,6)7)24-35(32)60-36-25-30(17-19-33(36)46)59-43(55)45(8,9)10/h16-19,24-28H,11-15,21-23H2,1-10H3,(H,50,52). The van der Waals surface area contributed by atoms with Crippen LogP contribution in [0.5, 0.6) is 23.0 Å². The number of nitrogens with zero attached hydrogens (tertiary/aromatic N) is 2. The summed E-state index contributed by atoms with van der Waals surface area (Å²) in [6, 6.07) is 13.3. The molecule has 1 amide bonds. The Morgan fingerprint density at radius 1 is 0.823 bits per heavy atom. The minimum Gasteiger partial charge on any atom is -0.456 e. The molecule has 2 heterocycles. The van der Waals surface area contributed by atoms with E-state index in [1.807, 2.05) is 0 Å². The molecule has 1 N–H and O–H groups in total. The maximum atomic E-state index is 14.0. The highest BCUT2D eigenvalue weighted by molar-refractivity contribution is 7.44. The average molecular weight is 913 g/mol. The summed E-state index contributed by atoms with van der Waals surface area (Å²) < 4.78 is 38.3. The van der Waals surface area contributed by atoms with Crippen LogP contribution >= 0.6 is 31.7 Å². The third-order valence-corrected chi connectivity index (χ3v) is 12.8. The number of rotatable bonds is 17. The molecule has 16 heteroatoms. The molecule has 1 unspecified atom stereocenters. The fraction of sp³-hybridized carbons (Fsp3) is 0.500. The highest BCUT2D eigenvalue weighted by atomic mass is 35.5. The number of carbonyl (C=O) groups is 4. The Kier molecular flexibility index (Phi) is 15.8. The number of unbranched alkanes of at least 4 members (excludes halogenated alkanes) is 3. The number of fused-ring (bicyclic) bond motifs is 6. The van der Waals surface area contributed by atoms with E-state index in [2.05, 4.69) is 43.8 Å². The lowest BCUT2D eigenvalue weighted by molar-refractivity contribution is -0.143. The molecule has 2 aliphatic rings. The van der Waals surface area contributed by atoms with Gasteiger partial charge in [-0.25, -0.2) is 9.46 Å². The van der Waals surface area contributed by atoms with Gasteiger partial charge in [-0.2, -0.15) is 5.26 Å². The lowest BCUT2D eigenvalue weighted by atomic mass is 9.77. The molecule has 0 aromatic heterocycles. The van der Waals surface area contributed by atoms with Crippen LogP contribution in [-0.2, 0) is 29.0 Å². The Morgan fingerprint density at radius 2 is 1.35 bits per heavy atom. The number of esters is 3. The molecule has 0 saturated heterocycles. The van der Waals surface area contributed by atoms with Crippen LogP contribution in [0.3, 0.4) is 0 Å². The van der Waals surface area contributed by atoms with E-state index in [1.165, 1.54) is 18.2 Å². The second-order valence-corrected chi connectivity index (χ2v) is 20.0. The third kappa shape index (κ3) is 10.7. The van der Waals surface area contributed by atoms with Gasteiger partial charge in [0, 0.05) is 47.5 Å². The Morgan fingerprint density at radius 3 is 1.87 bits per heavy atom. The van der Waals surface area contributed by atoms with E-state index >= 15 is 0 Å². The van der Waals surface area contributed by atoms with Crippen LogP contribution in [0.1, 0.15) is 139 Å². The first-order valence-electron chi connectivity index (χ1n) is 20.8. The van der Waals surface area contributed by atoms with Crippen LogP contribution in [0.25, 0.3) is 0 Å². The van der Waals surface area contributed by atoms with E-state index in [0.717, 1.165) is 19.3 Å². The van der Waals surface area contributed by atoms with Crippen molar-refractivity contribution in [1.82, 2.24) is 9.99 Å². The summed E-state index contributed by atoms with van der Waals surface area (Å²) in [6.45, 7) is 19.9. The van der Waals surface area contributed by atoms with Gasteiger partial charge in [0.15, 0.2) is 5.60 Å². The van der Waals surface area contributed by atoms with Gasteiger partial charge < -0.3 is 33.3 Å². The molecule has 1 atom stereocenters. The zero-order valence-corrected chi connectivity index (χ0v) is 39.4. The van der Waals surface area contributed by atoms with E-state index < -0.39 is 48.8 Å². The largest absolute Gasteiger partial charge is 0.456 e. The number of halogens is 2. The van der Waals surface area contributed by atoms with Crippen molar-refractivity contribution in [3.8, 4) is 29.1 Å². The van der Waals surface area contributed by atoms with Crippen molar-refractivity contribution in [2.45, 2.75) is 119 Å². The normalized spacial score (nSPS) is 14.5. The van der Waals surface area contributed by atoms with Gasteiger partial charge in [-0.3, -0.25) is 14.4 Å². The van der Waals surface area contributed by atoms with Crippen molar-refractivity contribution >= 4 is 55.5 Å². The topological polar surface area (TPSA) is 163 Å². The van der Waals surface area contributed by atoms with Crippen molar-refractivity contribution in [3.05, 3.63) is 80.3 Å². The first kappa shape index (κ1) is 48.7. The molecule has 0 radical (unpaired) electrons. The molecule has 0 fully saturated rings. The molecule has 5 rings (SSSR count). The number of carbonyl (C=O) groups excluding carboxylic acids is 4. The van der Waals surface area contributed by atoms with Crippen molar-refractivity contribution in [2.75, 3.05) is 19.8 Å². The number of nitriles is 1. The Bertz CT molecular complexity index is 2140. The lowest BCUT2D eigenvalue weighted by Gasteiger charge is -2.37. The van der Waals surface area contributed by atoms with Crippen LogP contribution in [-0.4, -0.2) is 60.3 Å². The van der Waals surface area contributed by atoms with Crippen molar-refractivity contribution in [2.24, 2.45) is 10.8 Å². The highest BCUT2D eigenvalue weighted by Crippen LogP contribution is 2.60. The SMILES string of the molecule is CC(C)N(C(C)C)P(OCCC#N)OCCCCCCNC(=O)c1cc(Cl)c2c(c1Cl)C(=O)OC21c2ccc(OC(=O)C(C)(C)C)cc2Oc2cc(OC(=O)C(C)(C)C)ccc21. The first-order valence-corrected chi connectivity index (χ1v) is 22.7. The summed E-state index contributed by atoms with van der Waals surface area (Å²) in [5, 5.41) is 11.8. The predicted molar refractivity (Wildman–Crippen MR) is 237 cm³/mol. The summed E-state index contributed by atoms with van der Waals surface area (Å²) in [6.07, 6.45) is 3.44. The number of nitrogens with one attached hydrogen (secondary N) is 1. The highest BCUT2D eigenvalue weighted by Gasteiger charge is 2.56. The van der Waals surface area contributed by atoms with E-state index in [-0.39, 0.29) is 61.8 Å². The van der Waals surface area contributed by atoms with Gasteiger partial charge in [0.05, 0.1) is 57.7 Å². The molecule has 13 nitrogen and oxygen atoms in total. The van der Waals surface area contributed by atoms with Crippen LogP contribution in [0.4, 0.5) is 0 Å². The van der Waals surface area contributed by atoms with E-state index in [9.17, 15) is 19.2 Å². The molecular formula is C46H56Cl2N3O10P. The van der Waals surface area contributed by atoms with Gasteiger partial charge in [-0.15, -0.1) is 0 Å². The molecule has 3 aromatic carbocycles. The molecule has 0 saturated carbocycles. The monoisotopic (exact) mass is 911 g/mol. The summed E-state index contributed by atoms with van der Waals surface area (Å²) in [5.74, 6) is -1.58. The Labute approximate surface area is 375 Å². The average Bonchev–Trinajstić information content (AvgIpc) is 3.49. The van der Waals surface area contributed by atoms with Gasteiger partial charge >= 0.3 is 17.9 Å². The molecule has 0 aliphatic carbocycles. The molecular weight excluding hydrogens is 856 g/mol. The Balaban J connectivity index is 1.35. The smallest absolute Gasteiger partial charge is 0.341 e. The molecule has 62 heavy (non-hydrogen) atoms. The molecule has 1 spiro atoms. The lowest BCUT2D eigenvalue weighted by Crippen LogP contribution is -2.33. The molecule has 0 bridgehead atoms. The van der Waals surface area contributed by atoms with E-state index in [4.69, 9.17) is 56.5 Å². The van der Waals surface area contributed by atoms with E-state index in [1.54, 1.807) is 65.8 Å². The van der Waals surface area contributed by atoms with Crippen molar-refractivity contribution in [1.29, 1.82) is 5.26 Å². The summed E-state index contributed by atoms with van der Waals surface area (Å²) in [7, 11) is -1.31. The van der Waals surface area contributed by atoms with Gasteiger partial charge in [0.1, 0.15) is 23.0 Å². The zero-order chi connectivity index (χ0) is 45.7. The Hall–Kier alpha value is -4.28. The van der Waals surface area contributed by atoms with Gasteiger partial charge in [0.2, 0.25) is 0 Å². The summed E-state index contributed by atoms with van der Waals surface area (Å²) >= 11 is 14.0. The van der Waals surface area contributed by atoms with Gasteiger partial charge in [-0.05, 0) is 112 Å².